The third-order valence-electron chi connectivity index (χ3n) is 5.61. The molecule has 0 N–H and O–H groups in total. The first-order valence-electron chi connectivity index (χ1n) is 10.6. The van der Waals surface area contributed by atoms with E-state index in [0.29, 0.717) is 22.2 Å². The predicted octanol–water partition coefficient (Wildman–Crippen LogP) is 5.73. The van der Waals surface area contributed by atoms with Crippen LogP contribution in [0.4, 0.5) is 18.0 Å². The van der Waals surface area contributed by atoms with Gasteiger partial charge in [-0.1, -0.05) is 23.7 Å². The molecular weight excluding hydrogens is 515 g/mol. The van der Waals surface area contributed by atoms with Gasteiger partial charge in [-0.2, -0.15) is 18.3 Å². The zero-order chi connectivity index (χ0) is 25.6. The van der Waals surface area contributed by atoms with Gasteiger partial charge in [0.2, 0.25) is 0 Å². The lowest BCUT2D eigenvalue weighted by atomic mass is 10.1. The van der Waals surface area contributed by atoms with Crippen molar-refractivity contribution < 1.29 is 22.8 Å². The van der Waals surface area contributed by atoms with Crippen molar-refractivity contribution >= 4 is 51.5 Å². The molecule has 184 valence electrons. The standard InChI is InChI=1S/C24H17ClF3N5O2S/c1-31-11-18(29-13-31)12-32-22(34)21(36-23(32)35)7-14-2-5-20-16(6-14)9-30-33(20)10-15-3-4-17(25)8-19(15)24(26,27)28/h2-9,11,13H,10,12H2,1H3. The third-order valence-corrected chi connectivity index (χ3v) is 6.76. The van der Waals surface area contributed by atoms with E-state index in [1.807, 2.05) is 0 Å². The number of halogens is 4. The monoisotopic (exact) mass is 531 g/mol. The number of amides is 2. The predicted molar refractivity (Wildman–Crippen MR) is 130 cm³/mol. The van der Waals surface area contributed by atoms with Gasteiger partial charge in [-0.05, 0) is 53.2 Å². The molecule has 0 unspecified atom stereocenters. The summed E-state index contributed by atoms with van der Waals surface area (Å²) in [4.78, 5) is 30.8. The first-order valence-corrected chi connectivity index (χ1v) is 11.8. The molecule has 1 aliphatic rings. The Balaban J connectivity index is 1.39. The van der Waals surface area contributed by atoms with Gasteiger partial charge in [0.25, 0.3) is 11.1 Å². The molecule has 0 saturated carbocycles. The van der Waals surface area contributed by atoms with Crippen molar-refractivity contribution in [3.8, 4) is 0 Å². The fraction of sp³-hybridized carbons (Fsp3) is 0.167. The minimum Gasteiger partial charge on any atom is -0.340 e. The molecule has 12 heteroatoms. The van der Waals surface area contributed by atoms with E-state index >= 15 is 0 Å². The molecule has 0 bridgehead atoms. The van der Waals surface area contributed by atoms with Gasteiger partial charge in [-0.25, -0.2) is 4.98 Å². The van der Waals surface area contributed by atoms with Gasteiger partial charge in [-0.15, -0.1) is 0 Å². The van der Waals surface area contributed by atoms with Crippen LogP contribution in [0, 0.1) is 0 Å². The summed E-state index contributed by atoms with van der Waals surface area (Å²) < 4.78 is 43.6. The maximum absolute atomic E-state index is 13.5. The summed E-state index contributed by atoms with van der Waals surface area (Å²) >= 11 is 6.62. The van der Waals surface area contributed by atoms with Crippen LogP contribution in [0.3, 0.4) is 0 Å². The van der Waals surface area contributed by atoms with Gasteiger partial charge in [0.1, 0.15) is 0 Å². The van der Waals surface area contributed by atoms with Crippen LogP contribution < -0.4 is 0 Å². The highest BCUT2D eigenvalue weighted by Gasteiger charge is 2.36. The van der Waals surface area contributed by atoms with Gasteiger partial charge in [0.05, 0.1) is 47.3 Å². The van der Waals surface area contributed by atoms with Crippen molar-refractivity contribution in [2.45, 2.75) is 19.3 Å². The van der Waals surface area contributed by atoms with Gasteiger partial charge in [0, 0.05) is 23.7 Å². The van der Waals surface area contributed by atoms with E-state index < -0.39 is 17.6 Å². The number of thioether (sulfide) groups is 1. The number of carbonyl (C=O) groups excluding carboxylic acids is 2. The highest BCUT2D eigenvalue weighted by molar-refractivity contribution is 8.18. The summed E-state index contributed by atoms with van der Waals surface area (Å²) in [6.45, 7) is -0.0134. The maximum Gasteiger partial charge on any atom is 0.416 e. The van der Waals surface area contributed by atoms with Crippen LogP contribution >= 0.6 is 23.4 Å². The van der Waals surface area contributed by atoms with Gasteiger partial charge in [0.15, 0.2) is 0 Å². The average Bonchev–Trinajstić information content (AvgIpc) is 3.48. The molecule has 0 atom stereocenters. The number of alkyl halides is 3. The second kappa shape index (κ2) is 9.14. The number of aryl methyl sites for hydroxylation is 1. The molecule has 2 amide bonds. The second-order valence-electron chi connectivity index (χ2n) is 8.22. The van der Waals surface area contributed by atoms with E-state index in [2.05, 4.69) is 10.1 Å². The summed E-state index contributed by atoms with van der Waals surface area (Å²) in [5.41, 5.74) is 1.12. The Morgan fingerprint density at radius 2 is 1.92 bits per heavy atom. The Morgan fingerprint density at radius 3 is 2.64 bits per heavy atom. The summed E-state index contributed by atoms with van der Waals surface area (Å²) in [6.07, 6.45) is 1.94. The number of imidazole rings is 1. The van der Waals surface area contributed by atoms with E-state index in [1.165, 1.54) is 16.8 Å². The number of carbonyl (C=O) groups is 2. The Morgan fingerprint density at radius 1 is 1.11 bits per heavy atom. The number of hydrogen-bond acceptors (Lipinski definition) is 5. The first kappa shape index (κ1) is 24.1. The number of benzene rings is 2. The smallest absolute Gasteiger partial charge is 0.340 e. The van der Waals surface area contributed by atoms with Crippen molar-refractivity contribution in [1.82, 2.24) is 24.2 Å². The van der Waals surface area contributed by atoms with Crippen LogP contribution in [0.1, 0.15) is 22.4 Å². The number of hydrogen-bond donors (Lipinski definition) is 0. The molecule has 5 rings (SSSR count). The van der Waals surface area contributed by atoms with E-state index in [-0.39, 0.29) is 33.8 Å². The highest BCUT2D eigenvalue weighted by atomic mass is 35.5. The zero-order valence-corrected chi connectivity index (χ0v) is 20.2. The van der Waals surface area contributed by atoms with Gasteiger partial charge < -0.3 is 4.57 Å². The Bertz CT molecular complexity index is 1540. The fourth-order valence-corrected chi connectivity index (χ4v) is 4.94. The molecule has 7 nitrogen and oxygen atoms in total. The van der Waals surface area contributed by atoms with E-state index in [1.54, 1.807) is 54.6 Å². The van der Waals surface area contributed by atoms with Gasteiger partial charge in [-0.3, -0.25) is 19.2 Å². The van der Waals surface area contributed by atoms with Crippen LogP contribution in [-0.4, -0.2) is 35.4 Å². The summed E-state index contributed by atoms with van der Waals surface area (Å²) in [5, 5.41) is 4.55. The molecule has 2 aromatic heterocycles. The topological polar surface area (TPSA) is 73.0 Å². The minimum absolute atomic E-state index is 0.00508. The fourth-order valence-electron chi connectivity index (χ4n) is 3.93. The molecule has 1 saturated heterocycles. The minimum atomic E-state index is -4.55. The molecule has 1 fully saturated rings. The molecule has 36 heavy (non-hydrogen) atoms. The molecule has 4 aromatic rings. The number of imide groups is 1. The van der Waals surface area contributed by atoms with Crippen molar-refractivity contribution in [2.75, 3.05) is 0 Å². The summed E-state index contributed by atoms with van der Waals surface area (Å²) in [6, 6.07) is 8.86. The number of nitrogens with zero attached hydrogens (tertiary/aromatic N) is 5. The Labute approximate surface area is 212 Å². The molecule has 1 aliphatic heterocycles. The zero-order valence-electron chi connectivity index (χ0n) is 18.7. The van der Waals surface area contributed by atoms with E-state index in [9.17, 15) is 22.8 Å². The van der Waals surface area contributed by atoms with Crippen molar-refractivity contribution in [3.05, 3.63) is 87.4 Å². The number of aromatic nitrogens is 4. The highest BCUT2D eigenvalue weighted by Crippen LogP contribution is 2.35. The molecular formula is C24H17ClF3N5O2S. The number of rotatable bonds is 5. The third kappa shape index (κ3) is 4.76. The number of fused-ring (bicyclic) bond motifs is 1. The molecule has 0 spiro atoms. The van der Waals surface area contributed by atoms with Crippen LogP contribution in [0.15, 0.2) is 60.0 Å². The SMILES string of the molecule is Cn1cnc(CN2C(=O)SC(=Cc3ccc4c(cnn4Cc4ccc(Cl)cc4C(F)(F)F)c3)C2=O)c1. The second-order valence-corrected chi connectivity index (χ2v) is 9.65. The maximum atomic E-state index is 13.5. The van der Waals surface area contributed by atoms with E-state index in [4.69, 9.17) is 11.6 Å². The molecule has 2 aromatic carbocycles. The quantitative estimate of drug-likeness (QED) is 0.308. The molecule has 3 heterocycles. The van der Waals surface area contributed by atoms with Crippen molar-refractivity contribution in [3.63, 3.8) is 0 Å². The molecule has 0 aliphatic carbocycles. The van der Waals surface area contributed by atoms with Crippen LogP contribution in [0.5, 0.6) is 0 Å². The first-order chi connectivity index (χ1) is 17.1. The molecule has 0 radical (unpaired) electrons. The lowest BCUT2D eigenvalue weighted by Gasteiger charge is -2.14. The van der Waals surface area contributed by atoms with Crippen LogP contribution in [0.25, 0.3) is 17.0 Å². The Hall–Kier alpha value is -3.57. The average molecular weight is 532 g/mol. The summed E-state index contributed by atoms with van der Waals surface area (Å²) in [7, 11) is 1.80. The summed E-state index contributed by atoms with van der Waals surface area (Å²) in [5.74, 6) is -0.408. The van der Waals surface area contributed by atoms with Crippen LogP contribution in [-0.2, 0) is 31.1 Å². The normalized spacial score (nSPS) is 15.6. The lowest BCUT2D eigenvalue weighted by Crippen LogP contribution is -2.27. The van der Waals surface area contributed by atoms with Gasteiger partial charge >= 0.3 is 6.18 Å². The Kier molecular flexibility index (Phi) is 6.13. The van der Waals surface area contributed by atoms with Crippen LogP contribution in [0.2, 0.25) is 5.02 Å². The lowest BCUT2D eigenvalue weighted by molar-refractivity contribution is -0.138. The largest absolute Gasteiger partial charge is 0.416 e. The van der Waals surface area contributed by atoms with E-state index in [0.717, 1.165) is 22.7 Å². The van der Waals surface area contributed by atoms with Crippen molar-refractivity contribution in [1.29, 1.82) is 0 Å². The van der Waals surface area contributed by atoms with Crippen molar-refractivity contribution in [2.24, 2.45) is 7.05 Å².